The zero-order valence-electron chi connectivity index (χ0n) is 77.9. The molecule has 2 saturated carbocycles. The van der Waals surface area contributed by atoms with Gasteiger partial charge in [-0.2, -0.15) is 97.9 Å². The van der Waals surface area contributed by atoms with Gasteiger partial charge in [0.15, 0.2) is 28.2 Å². The second kappa shape index (κ2) is 44.3. The number of alkyl halides is 1. The van der Waals surface area contributed by atoms with Crippen molar-refractivity contribution < 1.29 is 76.0 Å². The molecule has 10 aromatic heterocycles. The molecular formula is C87H109FN36O15. The SMILES string of the molecule is CN1CCCN(c2nc(N3CCC(F)C3)n3ncc(/C=C4\CC(=O)NC4=O)c3n2)CC1.COCCNc1nc(N(C)C)nc2c(/C=C3\CC(=O)NC3=O)cnn12.COCCNc1nc(NC(C)C2CC2)nc2c(/C=C3\CC(=O)NC3=O)cnn12.COCCNc1nc(NC2CC2)nc2c(/C=C3\CC(=O)NC3=O)cnn12.COCCNc1nc(NC2CCOCC2)nc2c(/C=C3\CC(=O)NC3=O)cnn12. The topological polar surface area (TPSA) is 590 Å². The van der Waals surface area contributed by atoms with Crippen molar-refractivity contribution in [1.29, 1.82) is 0 Å². The van der Waals surface area contributed by atoms with Gasteiger partial charge in [0, 0.05) is 182 Å². The van der Waals surface area contributed by atoms with Gasteiger partial charge in [0.25, 0.3) is 29.5 Å². The van der Waals surface area contributed by atoms with E-state index in [1.807, 2.05) is 19.0 Å². The molecule has 0 spiro atoms. The first kappa shape index (κ1) is 96.9. The molecule has 18 heterocycles. The zero-order chi connectivity index (χ0) is 97.5. The number of rotatable bonds is 31. The summed E-state index contributed by atoms with van der Waals surface area (Å²) in [6, 6.07) is 0.894. The molecule has 0 radical (unpaired) electrons. The third-order valence-electron chi connectivity index (χ3n) is 23.4. The van der Waals surface area contributed by atoms with Crippen LogP contribution in [0.2, 0.25) is 0 Å². The van der Waals surface area contributed by atoms with Crippen LogP contribution in [0.25, 0.3) is 58.6 Å². The van der Waals surface area contributed by atoms with E-state index in [4.69, 9.17) is 33.7 Å². The van der Waals surface area contributed by atoms with Gasteiger partial charge in [0.1, 0.15) is 6.17 Å². The van der Waals surface area contributed by atoms with Crippen LogP contribution in [0, 0.1) is 5.92 Å². The van der Waals surface area contributed by atoms with Gasteiger partial charge < -0.3 is 80.5 Å². The molecule has 51 nitrogen and oxygen atoms in total. The van der Waals surface area contributed by atoms with E-state index in [-0.39, 0.29) is 104 Å². The summed E-state index contributed by atoms with van der Waals surface area (Å²) in [7, 11) is 12.3. The van der Waals surface area contributed by atoms with Crippen molar-refractivity contribution in [2.24, 2.45) is 5.92 Å². The number of nitrogens with one attached hydrogen (secondary N) is 12. The fraction of sp³-hybridized carbons (Fsp3) is 0.483. The Hall–Kier alpha value is -15.2. The second-order valence-corrected chi connectivity index (χ2v) is 34.3. The minimum absolute atomic E-state index is 0.0368. The van der Waals surface area contributed by atoms with Crippen molar-refractivity contribution in [3.05, 3.63) is 86.7 Å². The van der Waals surface area contributed by atoms with Crippen molar-refractivity contribution in [1.82, 2.24) is 129 Å². The fourth-order valence-electron chi connectivity index (χ4n) is 15.7. The van der Waals surface area contributed by atoms with Gasteiger partial charge in [-0.3, -0.25) is 74.5 Å². The summed E-state index contributed by atoms with van der Waals surface area (Å²) in [6.45, 7) is 12.2. The number of nitrogens with zero attached hydrogens (tertiary/aromatic N) is 24. The normalized spacial score (nSPS) is 19.7. The van der Waals surface area contributed by atoms with Gasteiger partial charge in [-0.1, -0.05) is 0 Å². The maximum absolute atomic E-state index is 14.0. The van der Waals surface area contributed by atoms with Gasteiger partial charge in [0.05, 0.1) is 96.1 Å². The molecule has 8 aliphatic heterocycles. The van der Waals surface area contributed by atoms with Gasteiger partial charge in [-0.25, -0.2) is 4.39 Å². The molecular weight excluding hydrogens is 1810 g/mol. The predicted molar refractivity (Wildman–Crippen MR) is 504 cm³/mol. The van der Waals surface area contributed by atoms with Crippen LogP contribution in [0.3, 0.4) is 0 Å². The van der Waals surface area contributed by atoms with Crippen LogP contribution in [0.1, 0.15) is 118 Å². The van der Waals surface area contributed by atoms with Crippen LogP contribution in [0.5, 0.6) is 0 Å². The monoisotopic (exact) mass is 1920 g/mol. The van der Waals surface area contributed by atoms with Crippen LogP contribution < -0.4 is 78.5 Å². The summed E-state index contributed by atoms with van der Waals surface area (Å²) in [5.41, 5.74) is 7.89. The number of imide groups is 5. The Kier molecular flexibility index (Phi) is 30.9. The molecule has 0 bridgehead atoms. The molecule has 139 heavy (non-hydrogen) atoms. The van der Waals surface area contributed by atoms with Crippen molar-refractivity contribution in [2.75, 3.05) is 207 Å². The van der Waals surface area contributed by atoms with Crippen LogP contribution in [0.15, 0.2) is 58.8 Å². The van der Waals surface area contributed by atoms with Gasteiger partial charge in [-0.15, -0.1) is 0 Å². The number of likely N-dealkylation sites (N-methyl/N-ethyl adjacent to an activating group) is 1. The number of amides is 10. The second-order valence-electron chi connectivity index (χ2n) is 34.3. The maximum Gasteiger partial charge on any atom is 0.254 e. The van der Waals surface area contributed by atoms with E-state index < -0.39 is 12.1 Å². The first-order chi connectivity index (χ1) is 67.3. The lowest BCUT2D eigenvalue weighted by atomic mass is 10.1. The minimum Gasteiger partial charge on any atom is -0.383 e. The Balaban J connectivity index is 0.000000126. The molecule has 10 aliphatic rings. The lowest BCUT2D eigenvalue weighted by Gasteiger charge is -2.23. The van der Waals surface area contributed by atoms with E-state index in [0.29, 0.717) is 234 Å². The summed E-state index contributed by atoms with van der Waals surface area (Å²) >= 11 is 0. The highest BCUT2D eigenvalue weighted by Gasteiger charge is 2.35. The molecule has 2 atom stereocenters. The summed E-state index contributed by atoms with van der Waals surface area (Å²) in [6.07, 6.45) is 23.4. The molecule has 10 amide bonds. The average molecular weight is 1920 g/mol. The number of hydrogen-bond acceptors (Lipinski definition) is 41. The molecule has 2 aliphatic carbocycles. The summed E-state index contributed by atoms with van der Waals surface area (Å²) in [4.78, 5) is 171. The molecule has 734 valence electrons. The molecule has 52 heteroatoms. The number of aromatic nitrogens is 20. The number of fused-ring (bicyclic) bond motifs is 5. The van der Waals surface area contributed by atoms with E-state index in [2.05, 4.69) is 153 Å². The molecule has 2 unspecified atom stereocenters. The van der Waals surface area contributed by atoms with Crippen LogP contribution in [-0.2, 0) is 71.6 Å². The maximum atomic E-state index is 14.0. The van der Waals surface area contributed by atoms with Crippen molar-refractivity contribution >= 4 is 177 Å². The first-order valence-electron chi connectivity index (χ1n) is 45.6. The highest BCUT2D eigenvalue weighted by atomic mass is 19.1. The highest BCUT2D eigenvalue weighted by Crippen LogP contribution is 2.35. The van der Waals surface area contributed by atoms with Crippen LogP contribution in [-0.4, -0.2) is 341 Å². The molecule has 20 rings (SSSR count). The van der Waals surface area contributed by atoms with E-state index >= 15 is 0 Å². The Morgan fingerprint density at radius 2 is 0.791 bits per heavy atom. The minimum atomic E-state index is -0.898. The van der Waals surface area contributed by atoms with Gasteiger partial charge >= 0.3 is 0 Å². The molecule has 10 aromatic rings. The molecule has 12 N–H and O–H groups in total. The average Bonchev–Trinajstić information content (AvgIpc) is 1.63. The zero-order valence-corrected chi connectivity index (χ0v) is 77.9. The Labute approximate surface area is 793 Å². The smallest absolute Gasteiger partial charge is 0.254 e. The summed E-state index contributed by atoms with van der Waals surface area (Å²) in [5, 5.41) is 55.9. The third kappa shape index (κ3) is 24.3. The molecule has 10 fully saturated rings. The number of halogens is 1. The number of methoxy groups -OCH3 is 4. The van der Waals surface area contributed by atoms with E-state index in [1.54, 1.807) is 117 Å². The lowest BCUT2D eigenvalue weighted by Crippen LogP contribution is -2.32. The predicted octanol–water partition coefficient (Wildman–Crippen LogP) is 1.14. The van der Waals surface area contributed by atoms with Crippen molar-refractivity contribution in [3.8, 4) is 0 Å². The van der Waals surface area contributed by atoms with Crippen molar-refractivity contribution in [2.45, 2.75) is 115 Å². The number of carbonyl (C=O) groups is 10. The number of carbonyl (C=O) groups excluding carboxylic acids is 10. The summed E-state index contributed by atoms with van der Waals surface area (Å²) in [5.74, 6) is 2.38. The summed E-state index contributed by atoms with van der Waals surface area (Å²) < 4.78 is 47.5. The first-order valence-corrected chi connectivity index (χ1v) is 45.6. The van der Waals surface area contributed by atoms with Gasteiger partial charge in [-0.05, 0) is 108 Å². The van der Waals surface area contributed by atoms with E-state index in [1.165, 1.54) is 12.8 Å². The highest BCUT2D eigenvalue weighted by molar-refractivity contribution is 6.19. The van der Waals surface area contributed by atoms with E-state index in [0.717, 1.165) is 58.3 Å². The Morgan fingerprint density at radius 1 is 0.424 bits per heavy atom. The lowest BCUT2D eigenvalue weighted by molar-refractivity contribution is -0.125. The Bertz CT molecular complexity index is 6500. The fourth-order valence-corrected chi connectivity index (χ4v) is 15.7. The van der Waals surface area contributed by atoms with Crippen LogP contribution in [0.4, 0.5) is 63.9 Å². The quantitative estimate of drug-likeness (QED) is 0.0165. The molecule has 8 saturated heterocycles. The van der Waals surface area contributed by atoms with Crippen LogP contribution >= 0.6 is 0 Å². The van der Waals surface area contributed by atoms with Crippen molar-refractivity contribution in [3.63, 3.8) is 0 Å². The van der Waals surface area contributed by atoms with E-state index in [9.17, 15) is 52.3 Å². The number of hydrogen-bond donors (Lipinski definition) is 12. The number of anilines is 10. The standard InChI is InChI=1S/C20H25FN8O2.C18H23N7O4.C18H23N7O3.C16H19N7O3.C15H19N7O3/c1-26-4-2-5-27(8-7-26)19-24-17-14(9-13-10-16(30)23-18(13)31)11-22-29(17)20(25-19)28-6-3-15(21)12-28;1-28-7-4-19-18-24-17(21-13-2-5-29-6-3-13)23-15-12(10-20-25(15)18)8-11-9-14(26)22-16(11)27;1-10(11-3-4-11)21-17-23-15-13(7-12-8-14(26)22-16(12)27)9-20-25(15)18(24-17)19-5-6-28-2;1-26-5-4-17-16-22-15(19-11-2-3-11)21-13-10(8-18-23(13)16)6-9-7-12(24)20-14(9)25;1-21(2)15-19-12-10(6-9-7-11(23)18-13(9)24)8-17-22(12)14(20-15)16-4-5-25-3/h9,11,15H,2-8,10,12H2,1H3,(H,23,30,31);8,10,13H,2-7,9H2,1H3,(H,22,26,27)(H2,19,21,23,24);7,9-11H,3-6,8H2,1-2H3,(H,22,26,27)(H2,19,21,23,24);6,8,11H,2-5,7H2,1H3,(H,20,24,25)(H2,17,19,21,22);6,8H,4-5,7H2,1-3H3,(H,16,19,20)(H,18,23,24)/b13-9+;11-8+;12-7+;2*9-6+. The third-order valence-corrected chi connectivity index (χ3v) is 23.4. The Morgan fingerprint density at radius 3 is 1.15 bits per heavy atom. The number of ether oxygens (including phenoxy) is 5. The van der Waals surface area contributed by atoms with Gasteiger partial charge in [0.2, 0.25) is 89.0 Å². The largest absolute Gasteiger partial charge is 0.383 e. The molecule has 0 aromatic carbocycles.